The quantitative estimate of drug-likeness (QED) is 0.378. The number of nitrogen functional groups attached to an aromatic ring is 1. The van der Waals surface area contributed by atoms with Crippen molar-refractivity contribution in [3.05, 3.63) is 47.4 Å². The first-order valence-electron chi connectivity index (χ1n) is 10.1. The molecule has 0 atom stereocenters. The van der Waals surface area contributed by atoms with Gasteiger partial charge in [-0.1, -0.05) is 12.1 Å². The summed E-state index contributed by atoms with van der Waals surface area (Å²) in [6.07, 6.45) is 1.45. The van der Waals surface area contributed by atoms with E-state index in [1.807, 2.05) is 41.3 Å². The first kappa shape index (κ1) is 20.1. The minimum atomic E-state index is -0.284. The summed E-state index contributed by atoms with van der Waals surface area (Å²) >= 11 is 1.39. The van der Waals surface area contributed by atoms with Crippen LogP contribution in [-0.2, 0) is 5.54 Å². The number of thiazole rings is 1. The minimum Gasteiger partial charge on any atom is -0.383 e. The Bertz CT molecular complexity index is 1490. The van der Waals surface area contributed by atoms with Crippen LogP contribution in [0.5, 0.6) is 0 Å². The van der Waals surface area contributed by atoms with Crippen LogP contribution >= 0.6 is 11.3 Å². The maximum Gasteiger partial charge on any atom is 0.273 e. The molecule has 1 aromatic carbocycles. The molecule has 4 N–H and O–H groups in total. The Hall–Kier alpha value is -3.79. The number of aromatic nitrogens is 6. The number of carbonyl (C=O) groups is 1. The van der Waals surface area contributed by atoms with Gasteiger partial charge in [0.15, 0.2) is 10.8 Å². The number of nitrogens with zero attached hydrogens (tertiary/aromatic N) is 5. The second-order valence-electron chi connectivity index (χ2n) is 8.62. The molecule has 0 aliphatic carbocycles. The van der Waals surface area contributed by atoms with Gasteiger partial charge in [-0.25, -0.2) is 19.6 Å². The fourth-order valence-electron chi connectivity index (χ4n) is 3.62. The van der Waals surface area contributed by atoms with E-state index in [0.717, 1.165) is 22.2 Å². The molecule has 32 heavy (non-hydrogen) atoms. The predicted molar refractivity (Wildman–Crippen MR) is 127 cm³/mol. The van der Waals surface area contributed by atoms with Crippen LogP contribution in [0.4, 0.5) is 10.9 Å². The Morgan fingerprint density at radius 2 is 2.03 bits per heavy atom. The lowest BCUT2D eigenvalue weighted by molar-refractivity contribution is 0.102. The number of aryl methyl sites for hydroxylation is 1. The molecule has 10 heteroatoms. The lowest BCUT2D eigenvalue weighted by atomic mass is 10.1. The zero-order valence-corrected chi connectivity index (χ0v) is 18.9. The van der Waals surface area contributed by atoms with E-state index in [4.69, 9.17) is 10.8 Å². The third kappa shape index (κ3) is 3.38. The monoisotopic (exact) mass is 446 g/mol. The Morgan fingerprint density at radius 3 is 2.75 bits per heavy atom. The van der Waals surface area contributed by atoms with E-state index in [-0.39, 0.29) is 11.4 Å². The summed E-state index contributed by atoms with van der Waals surface area (Å²) in [4.78, 5) is 28.7. The summed E-state index contributed by atoms with van der Waals surface area (Å²) in [7, 11) is 0. The number of H-pyrrole nitrogens is 1. The maximum atomic E-state index is 12.7. The van der Waals surface area contributed by atoms with Crippen LogP contribution in [0.2, 0.25) is 0 Å². The van der Waals surface area contributed by atoms with Gasteiger partial charge in [-0.15, -0.1) is 11.3 Å². The van der Waals surface area contributed by atoms with E-state index >= 15 is 0 Å². The zero-order chi connectivity index (χ0) is 22.6. The molecule has 5 aromatic rings. The highest BCUT2D eigenvalue weighted by Crippen LogP contribution is 2.34. The largest absolute Gasteiger partial charge is 0.383 e. The zero-order valence-electron chi connectivity index (χ0n) is 18.1. The van der Waals surface area contributed by atoms with Gasteiger partial charge in [-0.2, -0.15) is 5.10 Å². The first-order valence-corrected chi connectivity index (χ1v) is 10.9. The molecule has 162 valence electrons. The van der Waals surface area contributed by atoms with Gasteiger partial charge in [0.25, 0.3) is 5.91 Å². The van der Waals surface area contributed by atoms with Gasteiger partial charge in [-0.05, 0) is 39.8 Å². The normalized spacial score (nSPS) is 12.0. The van der Waals surface area contributed by atoms with Crippen molar-refractivity contribution in [1.82, 2.24) is 29.7 Å². The summed E-state index contributed by atoms with van der Waals surface area (Å²) in [6, 6.07) is 7.69. The van der Waals surface area contributed by atoms with E-state index in [1.54, 1.807) is 0 Å². The number of rotatable bonds is 3. The molecule has 0 radical (unpaired) electrons. The highest BCUT2D eigenvalue weighted by Gasteiger charge is 2.24. The Morgan fingerprint density at radius 1 is 1.22 bits per heavy atom. The van der Waals surface area contributed by atoms with Crippen molar-refractivity contribution >= 4 is 50.1 Å². The number of fused-ring (bicyclic) bond motifs is 2. The number of aromatic amines is 1. The molecule has 1 amide bonds. The Labute approximate surface area is 187 Å². The fraction of sp³-hybridized carbons (Fsp3) is 0.227. The average Bonchev–Trinajstić information content (AvgIpc) is 3.43. The Balaban J connectivity index is 1.57. The maximum absolute atomic E-state index is 12.7. The average molecular weight is 447 g/mol. The molecule has 0 fully saturated rings. The summed E-state index contributed by atoms with van der Waals surface area (Å²) in [6.45, 7) is 8.07. The number of carbonyl (C=O) groups excluding carboxylic acids is 1. The molecule has 0 saturated carbocycles. The van der Waals surface area contributed by atoms with Crippen molar-refractivity contribution < 1.29 is 4.79 Å². The molecule has 9 nitrogen and oxygen atoms in total. The SMILES string of the molecule is Cc1csc(NC(=O)c2cc3ccc(-c4nn(C(C)(C)C)c5ncnc(N)c45)cc3[nH]2)n1. The van der Waals surface area contributed by atoms with E-state index in [0.29, 0.717) is 33.4 Å². The van der Waals surface area contributed by atoms with Crippen molar-refractivity contribution in [2.24, 2.45) is 0 Å². The number of nitrogens with two attached hydrogens (primary N) is 1. The summed E-state index contributed by atoms with van der Waals surface area (Å²) < 4.78 is 1.86. The van der Waals surface area contributed by atoms with Crippen LogP contribution in [0, 0.1) is 6.92 Å². The summed E-state index contributed by atoms with van der Waals surface area (Å²) in [5.41, 5.74) is 10.3. The summed E-state index contributed by atoms with van der Waals surface area (Å²) in [5, 5.41) is 11.8. The molecule has 0 unspecified atom stereocenters. The molecule has 0 bridgehead atoms. The molecule has 4 aromatic heterocycles. The van der Waals surface area contributed by atoms with Crippen molar-refractivity contribution in [1.29, 1.82) is 0 Å². The smallest absolute Gasteiger partial charge is 0.273 e. The van der Waals surface area contributed by atoms with Crippen LogP contribution in [0.1, 0.15) is 37.0 Å². The number of hydrogen-bond donors (Lipinski definition) is 3. The number of anilines is 2. The summed E-state index contributed by atoms with van der Waals surface area (Å²) in [5.74, 6) is 0.142. The van der Waals surface area contributed by atoms with Gasteiger partial charge in [0.2, 0.25) is 0 Å². The topological polar surface area (TPSA) is 127 Å². The van der Waals surface area contributed by atoms with Gasteiger partial charge in [-0.3, -0.25) is 10.1 Å². The second-order valence-corrected chi connectivity index (χ2v) is 9.48. The molecule has 0 aliphatic heterocycles. The number of amides is 1. The second kappa shape index (κ2) is 7.13. The van der Waals surface area contributed by atoms with Crippen LogP contribution in [-0.4, -0.2) is 35.6 Å². The van der Waals surface area contributed by atoms with Gasteiger partial charge in [0, 0.05) is 21.8 Å². The first-order chi connectivity index (χ1) is 15.2. The van der Waals surface area contributed by atoms with Crippen LogP contribution in [0.25, 0.3) is 33.2 Å². The molecule has 4 heterocycles. The standard InChI is InChI=1S/C22H22N8OS/c1-11-9-32-21(26-11)28-20(31)15-7-12-5-6-13(8-14(12)27-15)17-16-18(23)24-10-25-19(16)30(29-17)22(2,3)4/h5-10,27H,1-4H3,(H2,23,24,25)(H,26,28,31). The third-order valence-corrected chi connectivity index (χ3v) is 5.99. The number of nitrogens with one attached hydrogen (secondary N) is 2. The third-order valence-electron chi connectivity index (χ3n) is 5.11. The van der Waals surface area contributed by atoms with E-state index < -0.39 is 0 Å². The number of benzene rings is 1. The number of hydrogen-bond acceptors (Lipinski definition) is 7. The highest BCUT2D eigenvalue weighted by atomic mass is 32.1. The Kier molecular flexibility index (Phi) is 4.48. The van der Waals surface area contributed by atoms with E-state index in [9.17, 15) is 4.79 Å². The van der Waals surface area contributed by atoms with E-state index in [2.05, 4.69) is 46.0 Å². The predicted octanol–water partition coefficient (Wildman–Crippen LogP) is 4.33. The fourth-order valence-corrected chi connectivity index (χ4v) is 4.30. The van der Waals surface area contributed by atoms with Crippen molar-refractivity contribution in [2.45, 2.75) is 33.2 Å². The van der Waals surface area contributed by atoms with Crippen molar-refractivity contribution in [3.63, 3.8) is 0 Å². The lowest BCUT2D eigenvalue weighted by Crippen LogP contribution is -2.23. The highest BCUT2D eigenvalue weighted by molar-refractivity contribution is 7.13. The lowest BCUT2D eigenvalue weighted by Gasteiger charge is -2.19. The molecule has 5 rings (SSSR count). The minimum absolute atomic E-state index is 0.239. The molecule has 0 spiro atoms. The van der Waals surface area contributed by atoms with Crippen LogP contribution < -0.4 is 11.1 Å². The van der Waals surface area contributed by atoms with Gasteiger partial charge in [0.05, 0.1) is 16.6 Å². The molecular formula is C22H22N8OS. The van der Waals surface area contributed by atoms with Crippen molar-refractivity contribution in [3.8, 4) is 11.3 Å². The van der Waals surface area contributed by atoms with Crippen LogP contribution in [0.3, 0.4) is 0 Å². The van der Waals surface area contributed by atoms with Crippen molar-refractivity contribution in [2.75, 3.05) is 11.1 Å². The van der Waals surface area contributed by atoms with Gasteiger partial charge < -0.3 is 10.7 Å². The van der Waals surface area contributed by atoms with Gasteiger partial charge >= 0.3 is 0 Å². The molecule has 0 saturated heterocycles. The van der Waals surface area contributed by atoms with Crippen LogP contribution in [0.15, 0.2) is 36.0 Å². The molecule has 0 aliphatic rings. The van der Waals surface area contributed by atoms with E-state index in [1.165, 1.54) is 17.7 Å². The molecular weight excluding hydrogens is 424 g/mol. The van der Waals surface area contributed by atoms with Gasteiger partial charge in [0.1, 0.15) is 23.5 Å².